The van der Waals surface area contributed by atoms with E-state index in [1.54, 1.807) is 19.3 Å². The molecule has 0 amide bonds. The van der Waals surface area contributed by atoms with E-state index in [2.05, 4.69) is 17.2 Å². The Kier molecular flexibility index (Phi) is 5.71. The minimum absolute atomic E-state index is 0.115. The van der Waals surface area contributed by atoms with Gasteiger partial charge in [-0.25, -0.2) is 4.39 Å². The normalized spacial score (nSPS) is 12.4. The lowest BCUT2D eigenvalue weighted by Crippen LogP contribution is -2.24. The fraction of sp³-hybridized carbons (Fsp3) is 0.353. The van der Waals surface area contributed by atoms with Gasteiger partial charge in [0.2, 0.25) is 0 Å². The summed E-state index contributed by atoms with van der Waals surface area (Å²) in [5, 5.41) is 4.17. The first-order chi connectivity index (χ1) is 10.1. The molecule has 1 unspecified atom stereocenters. The zero-order valence-electron chi connectivity index (χ0n) is 12.4. The van der Waals surface area contributed by atoms with Gasteiger partial charge < -0.3 is 5.32 Å². The summed E-state index contributed by atoms with van der Waals surface area (Å²) in [5.41, 5.74) is 2.79. The lowest BCUT2D eigenvalue weighted by Gasteiger charge is -2.20. The predicted molar refractivity (Wildman–Crippen MR) is 85.1 cm³/mol. The summed E-state index contributed by atoms with van der Waals surface area (Å²) in [7, 11) is 0. The van der Waals surface area contributed by atoms with Crippen LogP contribution in [-0.4, -0.2) is 11.5 Å². The molecule has 1 aromatic carbocycles. The Bertz CT molecular complexity index is 601. The van der Waals surface area contributed by atoms with Crippen LogP contribution in [0.3, 0.4) is 0 Å². The molecule has 0 spiro atoms. The molecule has 0 saturated heterocycles. The third-order valence-corrected chi connectivity index (χ3v) is 3.85. The molecule has 1 atom stereocenters. The van der Waals surface area contributed by atoms with Gasteiger partial charge in [0.05, 0.1) is 5.02 Å². The van der Waals surface area contributed by atoms with Crippen LogP contribution in [0.25, 0.3) is 0 Å². The van der Waals surface area contributed by atoms with Crippen LogP contribution < -0.4 is 5.32 Å². The highest BCUT2D eigenvalue weighted by Gasteiger charge is 2.14. The van der Waals surface area contributed by atoms with Crippen molar-refractivity contribution in [1.29, 1.82) is 0 Å². The zero-order chi connectivity index (χ0) is 15.2. The van der Waals surface area contributed by atoms with Gasteiger partial charge in [0.1, 0.15) is 5.82 Å². The van der Waals surface area contributed by atoms with Crippen molar-refractivity contribution >= 4 is 11.6 Å². The van der Waals surface area contributed by atoms with Crippen LogP contribution in [0.15, 0.2) is 36.7 Å². The summed E-state index contributed by atoms with van der Waals surface area (Å²) in [4.78, 5) is 4.01. The Labute approximate surface area is 130 Å². The lowest BCUT2D eigenvalue weighted by atomic mass is 9.97. The summed E-state index contributed by atoms with van der Waals surface area (Å²) >= 11 is 6.20. The van der Waals surface area contributed by atoms with E-state index in [0.717, 1.165) is 30.5 Å². The number of hydrogen-bond donors (Lipinski definition) is 1. The van der Waals surface area contributed by atoms with Gasteiger partial charge in [0, 0.05) is 18.4 Å². The van der Waals surface area contributed by atoms with E-state index in [1.165, 1.54) is 6.07 Å². The van der Waals surface area contributed by atoms with Crippen molar-refractivity contribution in [2.45, 2.75) is 32.7 Å². The van der Waals surface area contributed by atoms with Gasteiger partial charge >= 0.3 is 0 Å². The zero-order valence-corrected chi connectivity index (χ0v) is 13.1. The monoisotopic (exact) mass is 306 g/mol. The van der Waals surface area contributed by atoms with Crippen molar-refractivity contribution in [1.82, 2.24) is 10.3 Å². The van der Waals surface area contributed by atoms with Gasteiger partial charge in [-0.2, -0.15) is 0 Å². The van der Waals surface area contributed by atoms with E-state index >= 15 is 0 Å². The van der Waals surface area contributed by atoms with E-state index < -0.39 is 0 Å². The highest BCUT2D eigenvalue weighted by molar-refractivity contribution is 6.31. The maximum absolute atomic E-state index is 13.5. The quantitative estimate of drug-likeness (QED) is 0.852. The standard InChI is InChI=1S/C17H20ClFN2/c1-3-7-21-17(10-13-6-8-20-11-15(13)18)14-4-5-16(19)12(2)9-14/h4-6,8-9,11,17,21H,3,7,10H2,1-2H3. The Balaban J connectivity index is 2.25. The highest BCUT2D eigenvalue weighted by Crippen LogP contribution is 2.24. The SMILES string of the molecule is CCCNC(Cc1ccncc1Cl)c1ccc(F)c(C)c1. The average Bonchev–Trinajstić information content (AvgIpc) is 2.48. The minimum atomic E-state index is -0.171. The molecule has 0 fully saturated rings. The van der Waals surface area contributed by atoms with Gasteiger partial charge in [0.25, 0.3) is 0 Å². The van der Waals surface area contributed by atoms with Crippen LogP contribution in [0.1, 0.15) is 36.1 Å². The van der Waals surface area contributed by atoms with E-state index in [0.29, 0.717) is 10.6 Å². The minimum Gasteiger partial charge on any atom is -0.310 e. The van der Waals surface area contributed by atoms with E-state index in [1.807, 2.05) is 18.2 Å². The summed E-state index contributed by atoms with van der Waals surface area (Å²) in [5.74, 6) is -0.171. The number of aromatic nitrogens is 1. The molecule has 1 aromatic heterocycles. The molecule has 0 saturated carbocycles. The number of rotatable bonds is 6. The molecule has 1 heterocycles. The van der Waals surface area contributed by atoms with E-state index in [-0.39, 0.29) is 11.9 Å². The van der Waals surface area contributed by atoms with Crippen LogP contribution in [0.2, 0.25) is 5.02 Å². The number of aryl methyl sites for hydroxylation is 1. The second-order valence-corrected chi connectivity index (χ2v) is 5.59. The number of hydrogen-bond acceptors (Lipinski definition) is 2. The maximum Gasteiger partial charge on any atom is 0.126 e. The van der Waals surface area contributed by atoms with Crippen LogP contribution >= 0.6 is 11.6 Å². The second kappa shape index (κ2) is 7.53. The van der Waals surface area contributed by atoms with Crippen molar-refractivity contribution < 1.29 is 4.39 Å². The van der Waals surface area contributed by atoms with Crippen LogP contribution in [-0.2, 0) is 6.42 Å². The summed E-state index contributed by atoms with van der Waals surface area (Å²) in [6.45, 7) is 4.82. The van der Waals surface area contributed by atoms with Gasteiger partial charge in [0.15, 0.2) is 0 Å². The lowest BCUT2D eigenvalue weighted by molar-refractivity contribution is 0.526. The van der Waals surface area contributed by atoms with Crippen molar-refractivity contribution in [3.8, 4) is 0 Å². The van der Waals surface area contributed by atoms with Gasteiger partial charge in [-0.3, -0.25) is 4.98 Å². The molecule has 1 N–H and O–H groups in total. The fourth-order valence-electron chi connectivity index (χ4n) is 2.30. The van der Waals surface area contributed by atoms with Gasteiger partial charge in [-0.1, -0.05) is 30.7 Å². The number of benzene rings is 1. The summed E-state index contributed by atoms with van der Waals surface area (Å²) in [6.07, 6.45) is 5.20. The predicted octanol–water partition coefficient (Wildman–Crippen LogP) is 4.47. The molecular weight excluding hydrogens is 287 g/mol. The molecule has 0 bridgehead atoms. The molecule has 2 nitrogen and oxygen atoms in total. The van der Waals surface area contributed by atoms with Crippen molar-refractivity contribution in [3.05, 3.63) is 64.2 Å². The van der Waals surface area contributed by atoms with Crippen molar-refractivity contribution in [3.63, 3.8) is 0 Å². The molecule has 4 heteroatoms. The Morgan fingerprint density at radius 2 is 2.14 bits per heavy atom. The Hall–Kier alpha value is -1.45. The maximum atomic E-state index is 13.5. The molecule has 112 valence electrons. The number of nitrogens with one attached hydrogen (secondary N) is 1. The Morgan fingerprint density at radius 1 is 1.33 bits per heavy atom. The van der Waals surface area contributed by atoms with E-state index in [9.17, 15) is 4.39 Å². The molecular formula is C17H20ClFN2. The number of pyridine rings is 1. The average molecular weight is 307 g/mol. The third kappa shape index (κ3) is 4.26. The smallest absolute Gasteiger partial charge is 0.126 e. The van der Waals surface area contributed by atoms with Crippen LogP contribution in [0, 0.1) is 12.7 Å². The summed E-state index contributed by atoms with van der Waals surface area (Å²) in [6, 6.07) is 7.31. The van der Waals surface area contributed by atoms with Crippen LogP contribution in [0.5, 0.6) is 0 Å². The first-order valence-corrected chi connectivity index (χ1v) is 7.57. The van der Waals surface area contributed by atoms with Gasteiger partial charge in [-0.15, -0.1) is 0 Å². The molecule has 0 aliphatic carbocycles. The molecule has 2 rings (SSSR count). The van der Waals surface area contributed by atoms with Gasteiger partial charge in [-0.05, 0) is 55.1 Å². The topological polar surface area (TPSA) is 24.9 Å². The molecule has 0 aliphatic rings. The van der Waals surface area contributed by atoms with Crippen LogP contribution in [0.4, 0.5) is 4.39 Å². The highest BCUT2D eigenvalue weighted by atomic mass is 35.5. The molecule has 2 aromatic rings. The molecule has 0 radical (unpaired) electrons. The van der Waals surface area contributed by atoms with Crippen molar-refractivity contribution in [2.24, 2.45) is 0 Å². The molecule has 0 aliphatic heterocycles. The Morgan fingerprint density at radius 3 is 2.81 bits per heavy atom. The first kappa shape index (κ1) is 15.9. The number of halogens is 2. The summed E-state index contributed by atoms with van der Waals surface area (Å²) < 4.78 is 13.5. The first-order valence-electron chi connectivity index (χ1n) is 7.19. The second-order valence-electron chi connectivity index (χ2n) is 5.19. The molecule has 21 heavy (non-hydrogen) atoms. The van der Waals surface area contributed by atoms with E-state index in [4.69, 9.17) is 11.6 Å². The number of nitrogens with zero attached hydrogens (tertiary/aromatic N) is 1. The fourth-order valence-corrected chi connectivity index (χ4v) is 2.50. The van der Waals surface area contributed by atoms with Crippen molar-refractivity contribution in [2.75, 3.05) is 6.54 Å². The third-order valence-electron chi connectivity index (χ3n) is 3.51. The largest absolute Gasteiger partial charge is 0.310 e.